The topological polar surface area (TPSA) is 68.0 Å². The summed E-state index contributed by atoms with van der Waals surface area (Å²) >= 11 is 0. The van der Waals surface area contributed by atoms with Gasteiger partial charge in [0.05, 0.1) is 17.6 Å². The van der Waals surface area contributed by atoms with Gasteiger partial charge in [-0.15, -0.1) is 0 Å². The Morgan fingerprint density at radius 2 is 2.00 bits per heavy atom. The number of carbonyl (C=O) groups excluding carboxylic acids is 1. The largest absolute Gasteiger partial charge is 0.396 e. The Morgan fingerprint density at radius 1 is 1.22 bits per heavy atom. The Kier molecular flexibility index (Phi) is 3.18. The van der Waals surface area contributed by atoms with Gasteiger partial charge in [-0.25, -0.2) is 8.78 Å². The molecule has 0 saturated carbocycles. The molecule has 1 heterocycles. The number of hydrogen-bond donors (Lipinski definition) is 2. The molecule has 0 aliphatic heterocycles. The Labute approximate surface area is 101 Å². The van der Waals surface area contributed by atoms with Gasteiger partial charge in [0.2, 0.25) is 0 Å². The second kappa shape index (κ2) is 4.79. The molecule has 0 fully saturated rings. The molecular formula is C12H9F2N3O. The molecule has 1 aromatic carbocycles. The van der Waals surface area contributed by atoms with Crippen molar-refractivity contribution in [3.8, 4) is 0 Å². The first-order valence-corrected chi connectivity index (χ1v) is 5.04. The summed E-state index contributed by atoms with van der Waals surface area (Å²) < 4.78 is 25.7. The van der Waals surface area contributed by atoms with Crippen LogP contribution < -0.4 is 11.1 Å². The van der Waals surface area contributed by atoms with E-state index in [2.05, 4.69) is 10.3 Å². The number of nitrogens with one attached hydrogen (secondary N) is 1. The number of nitrogen functional groups attached to an aromatic ring is 1. The van der Waals surface area contributed by atoms with Crippen LogP contribution in [-0.4, -0.2) is 10.9 Å². The fourth-order valence-corrected chi connectivity index (χ4v) is 1.35. The molecule has 0 bridgehead atoms. The van der Waals surface area contributed by atoms with E-state index in [4.69, 9.17) is 5.73 Å². The lowest BCUT2D eigenvalue weighted by Crippen LogP contribution is -2.13. The number of amides is 1. The highest BCUT2D eigenvalue weighted by Gasteiger charge is 2.10. The second-order valence-electron chi connectivity index (χ2n) is 3.55. The summed E-state index contributed by atoms with van der Waals surface area (Å²) in [5.41, 5.74) is 6.24. The molecule has 2 aromatic rings. The second-order valence-corrected chi connectivity index (χ2v) is 3.55. The maximum atomic E-state index is 13.0. The Morgan fingerprint density at radius 3 is 2.67 bits per heavy atom. The van der Waals surface area contributed by atoms with E-state index in [1.165, 1.54) is 24.5 Å². The average Bonchev–Trinajstić information content (AvgIpc) is 2.35. The molecule has 0 atom stereocenters. The lowest BCUT2D eigenvalue weighted by Gasteiger charge is -2.07. The van der Waals surface area contributed by atoms with Gasteiger partial charge >= 0.3 is 0 Å². The molecule has 0 aliphatic carbocycles. The van der Waals surface area contributed by atoms with E-state index < -0.39 is 17.5 Å². The highest BCUT2D eigenvalue weighted by atomic mass is 19.2. The fraction of sp³-hybridized carbons (Fsp3) is 0. The van der Waals surface area contributed by atoms with E-state index in [0.717, 1.165) is 12.1 Å². The van der Waals surface area contributed by atoms with Crippen LogP contribution in [0.5, 0.6) is 0 Å². The molecule has 92 valence electrons. The van der Waals surface area contributed by atoms with Crippen LogP contribution in [0.15, 0.2) is 36.7 Å². The molecule has 1 aromatic heterocycles. The van der Waals surface area contributed by atoms with Crippen molar-refractivity contribution in [1.82, 2.24) is 4.98 Å². The van der Waals surface area contributed by atoms with Crippen molar-refractivity contribution in [2.24, 2.45) is 0 Å². The number of halogens is 2. The van der Waals surface area contributed by atoms with Crippen LogP contribution in [0.4, 0.5) is 20.2 Å². The normalized spacial score (nSPS) is 10.1. The molecule has 18 heavy (non-hydrogen) atoms. The van der Waals surface area contributed by atoms with Crippen LogP contribution in [0.3, 0.4) is 0 Å². The first-order valence-electron chi connectivity index (χ1n) is 5.04. The summed E-state index contributed by atoms with van der Waals surface area (Å²) in [7, 11) is 0. The monoisotopic (exact) mass is 249 g/mol. The standard InChI is InChI=1S/C12H9F2N3O/c13-8-2-1-7(5-9(8)14)12(18)17-11-3-4-16-6-10(11)15/h1-6H,15H2,(H,16,17,18). The van der Waals surface area contributed by atoms with Gasteiger partial charge in [0, 0.05) is 11.8 Å². The highest BCUT2D eigenvalue weighted by Crippen LogP contribution is 2.17. The van der Waals surface area contributed by atoms with Crippen molar-refractivity contribution in [3.05, 3.63) is 53.9 Å². The number of rotatable bonds is 2. The minimum Gasteiger partial charge on any atom is -0.396 e. The van der Waals surface area contributed by atoms with E-state index in [-0.39, 0.29) is 11.3 Å². The summed E-state index contributed by atoms with van der Waals surface area (Å²) in [6, 6.07) is 4.40. The van der Waals surface area contributed by atoms with E-state index in [9.17, 15) is 13.6 Å². The minimum absolute atomic E-state index is 0.00473. The van der Waals surface area contributed by atoms with Crippen LogP contribution >= 0.6 is 0 Å². The van der Waals surface area contributed by atoms with Crippen LogP contribution in [0.1, 0.15) is 10.4 Å². The molecule has 2 rings (SSSR count). The number of pyridine rings is 1. The third-order valence-corrected chi connectivity index (χ3v) is 2.28. The number of benzene rings is 1. The molecule has 4 nitrogen and oxygen atoms in total. The highest BCUT2D eigenvalue weighted by molar-refractivity contribution is 6.05. The molecular weight excluding hydrogens is 240 g/mol. The van der Waals surface area contributed by atoms with Crippen molar-refractivity contribution in [2.75, 3.05) is 11.1 Å². The van der Waals surface area contributed by atoms with Gasteiger partial charge in [0.1, 0.15) is 0 Å². The van der Waals surface area contributed by atoms with Gasteiger partial charge in [-0.05, 0) is 24.3 Å². The maximum Gasteiger partial charge on any atom is 0.255 e. The molecule has 0 saturated heterocycles. The van der Waals surface area contributed by atoms with Crippen molar-refractivity contribution < 1.29 is 13.6 Å². The van der Waals surface area contributed by atoms with E-state index in [0.29, 0.717) is 5.69 Å². The van der Waals surface area contributed by atoms with Gasteiger partial charge in [-0.1, -0.05) is 0 Å². The first kappa shape index (κ1) is 12.0. The summed E-state index contributed by atoms with van der Waals surface area (Å²) in [5, 5.41) is 2.48. The van der Waals surface area contributed by atoms with Gasteiger partial charge in [0.15, 0.2) is 11.6 Å². The number of aromatic nitrogens is 1. The maximum absolute atomic E-state index is 13.0. The third-order valence-electron chi connectivity index (χ3n) is 2.28. The minimum atomic E-state index is -1.08. The van der Waals surface area contributed by atoms with Crippen LogP contribution in [0, 0.1) is 11.6 Å². The number of nitrogens with two attached hydrogens (primary N) is 1. The number of anilines is 2. The molecule has 3 N–H and O–H groups in total. The summed E-state index contributed by atoms with van der Waals surface area (Å²) in [6.45, 7) is 0. The van der Waals surface area contributed by atoms with Crippen LogP contribution in [-0.2, 0) is 0 Å². The van der Waals surface area contributed by atoms with Crippen molar-refractivity contribution in [2.45, 2.75) is 0 Å². The third kappa shape index (κ3) is 2.42. The van der Waals surface area contributed by atoms with Crippen molar-refractivity contribution in [1.29, 1.82) is 0 Å². The van der Waals surface area contributed by atoms with E-state index >= 15 is 0 Å². The van der Waals surface area contributed by atoms with Gasteiger partial charge in [0.25, 0.3) is 5.91 Å². The lowest BCUT2D eigenvalue weighted by molar-refractivity contribution is 0.102. The summed E-state index contributed by atoms with van der Waals surface area (Å²) in [5.74, 6) is -2.66. The Hall–Kier alpha value is -2.50. The van der Waals surface area contributed by atoms with Gasteiger partial charge in [-0.3, -0.25) is 9.78 Å². The smallest absolute Gasteiger partial charge is 0.255 e. The van der Waals surface area contributed by atoms with Crippen LogP contribution in [0.25, 0.3) is 0 Å². The molecule has 0 radical (unpaired) electrons. The predicted molar refractivity (Wildman–Crippen MR) is 63.0 cm³/mol. The molecule has 1 amide bonds. The summed E-state index contributed by atoms with van der Waals surface area (Å²) in [6.07, 6.45) is 2.83. The van der Waals surface area contributed by atoms with Crippen LogP contribution in [0.2, 0.25) is 0 Å². The number of nitrogens with zero attached hydrogens (tertiary/aromatic N) is 1. The summed E-state index contributed by atoms with van der Waals surface area (Å²) in [4.78, 5) is 15.5. The molecule has 0 unspecified atom stereocenters. The zero-order valence-corrected chi connectivity index (χ0v) is 9.15. The average molecular weight is 249 g/mol. The quantitative estimate of drug-likeness (QED) is 0.857. The lowest BCUT2D eigenvalue weighted by atomic mass is 10.2. The van der Waals surface area contributed by atoms with Crippen molar-refractivity contribution in [3.63, 3.8) is 0 Å². The zero-order valence-electron chi connectivity index (χ0n) is 9.15. The number of hydrogen-bond acceptors (Lipinski definition) is 3. The fourth-order valence-electron chi connectivity index (χ4n) is 1.35. The number of carbonyl (C=O) groups is 1. The van der Waals surface area contributed by atoms with E-state index in [1.54, 1.807) is 0 Å². The Balaban J connectivity index is 2.22. The SMILES string of the molecule is Nc1cnccc1NC(=O)c1ccc(F)c(F)c1. The Bertz CT molecular complexity index is 602. The van der Waals surface area contributed by atoms with Gasteiger partial charge < -0.3 is 11.1 Å². The first-order chi connectivity index (χ1) is 8.58. The van der Waals surface area contributed by atoms with E-state index in [1.807, 2.05) is 0 Å². The van der Waals surface area contributed by atoms with Crippen molar-refractivity contribution >= 4 is 17.3 Å². The zero-order chi connectivity index (χ0) is 13.1. The molecule has 0 aliphatic rings. The van der Waals surface area contributed by atoms with Gasteiger partial charge in [-0.2, -0.15) is 0 Å². The molecule has 6 heteroatoms. The predicted octanol–water partition coefficient (Wildman–Crippen LogP) is 2.19. The molecule has 0 spiro atoms.